The van der Waals surface area contributed by atoms with Crippen LogP contribution >= 0.6 is 0 Å². The molecule has 1 aliphatic heterocycles. The number of urea groups is 1. The molecule has 3 rings (SSSR count). The van der Waals surface area contributed by atoms with E-state index in [1.54, 1.807) is 6.92 Å². The third-order valence-electron chi connectivity index (χ3n) is 3.95. The predicted octanol–water partition coefficient (Wildman–Crippen LogP) is 2.96. The maximum atomic E-state index is 12.9. The average Bonchev–Trinajstić information content (AvgIpc) is 3.17. The van der Waals surface area contributed by atoms with E-state index in [2.05, 4.69) is 20.8 Å². The summed E-state index contributed by atoms with van der Waals surface area (Å²) in [5, 5.41) is 13.0. The minimum Gasteiger partial charge on any atom is -0.492 e. The summed E-state index contributed by atoms with van der Waals surface area (Å²) in [5.74, 6) is 1.65. The molecule has 0 saturated heterocycles. The average molecular weight is 369 g/mol. The fraction of sp³-hybridized carbons (Fsp3) is 0.438. The lowest BCUT2D eigenvalue weighted by atomic mass is 10.2. The van der Waals surface area contributed by atoms with E-state index in [1.807, 2.05) is 4.57 Å². The van der Waals surface area contributed by atoms with Crippen LogP contribution in [-0.2, 0) is 25.7 Å². The molecule has 1 aromatic carbocycles. The number of hydrogen-bond donors (Lipinski definition) is 2. The Kier molecular flexibility index (Phi) is 5.01. The molecule has 1 aliphatic rings. The van der Waals surface area contributed by atoms with Crippen LogP contribution in [0.5, 0.6) is 5.75 Å². The van der Waals surface area contributed by atoms with Gasteiger partial charge in [-0.3, -0.25) is 0 Å². The topological polar surface area (TPSA) is 81.1 Å². The Labute approximate surface area is 147 Å². The van der Waals surface area contributed by atoms with Crippen LogP contribution in [0.1, 0.15) is 30.6 Å². The number of ether oxygens (including phenoxy) is 1. The molecule has 0 atom stereocenters. The third-order valence-corrected chi connectivity index (χ3v) is 3.95. The summed E-state index contributed by atoms with van der Waals surface area (Å²) in [7, 11) is 0. The molecule has 0 spiro atoms. The molecule has 2 aromatic rings. The van der Waals surface area contributed by atoms with Gasteiger partial charge in [0.2, 0.25) is 0 Å². The van der Waals surface area contributed by atoms with Gasteiger partial charge in [0.05, 0.1) is 24.4 Å². The minimum absolute atomic E-state index is 0.0503. The molecule has 0 unspecified atom stereocenters. The van der Waals surface area contributed by atoms with Crippen molar-refractivity contribution in [3.8, 4) is 5.75 Å². The predicted molar refractivity (Wildman–Crippen MR) is 86.8 cm³/mol. The van der Waals surface area contributed by atoms with Gasteiger partial charge in [-0.05, 0) is 31.5 Å². The smallest absolute Gasteiger partial charge is 0.416 e. The van der Waals surface area contributed by atoms with Crippen LogP contribution < -0.4 is 15.4 Å². The second kappa shape index (κ2) is 7.22. The molecular weight excluding hydrogens is 351 g/mol. The van der Waals surface area contributed by atoms with Gasteiger partial charge >= 0.3 is 12.2 Å². The van der Waals surface area contributed by atoms with E-state index in [9.17, 15) is 18.0 Å². The first kappa shape index (κ1) is 18.0. The van der Waals surface area contributed by atoms with E-state index in [4.69, 9.17) is 4.74 Å². The zero-order valence-electron chi connectivity index (χ0n) is 14.1. The molecule has 2 heterocycles. The number of carbonyl (C=O) groups excluding carboxylic acids is 1. The summed E-state index contributed by atoms with van der Waals surface area (Å²) < 4.78 is 45.9. The number of aromatic nitrogens is 3. The molecule has 0 bridgehead atoms. The van der Waals surface area contributed by atoms with Gasteiger partial charge in [-0.2, -0.15) is 13.2 Å². The SMILES string of the molecule is CCOc1ccc(C(F)(F)F)cc1NC(=O)NCc1nnc2n1CCC2. The lowest BCUT2D eigenvalue weighted by molar-refractivity contribution is -0.137. The van der Waals surface area contributed by atoms with Crippen molar-refractivity contribution in [2.75, 3.05) is 11.9 Å². The molecule has 2 amide bonds. The number of nitrogens with one attached hydrogen (secondary N) is 2. The molecule has 10 heteroatoms. The highest BCUT2D eigenvalue weighted by Gasteiger charge is 2.31. The Bertz CT molecular complexity index is 804. The molecule has 0 saturated carbocycles. The fourth-order valence-corrected chi connectivity index (χ4v) is 2.75. The van der Waals surface area contributed by atoms with E-state index in [0.29, 0.717) is 5.82 Å². The van der Waals surface area contributed by atoms with Crippen molar-refractivity contribution in [3.05, 3.63) is 35.4 Å². The van der Waals surface area contributed by atoms with Crippen molar-refractivity contribution in [1.29, 1.82) is 0 Å². The highest BCUT2D eigenvalue weighted by molar-refractivity contribution is 5.91. The highest BCUT2D eigenvalue weighted by Crippen LogP contribution is 2.35. The van der Waals surface area contributed by atoms with E-state index < -0.39 is 17.8 Å². The van der Waals surface area contributed by atoms with Crippen molar-refractivity contribution in [2.24, 2.45) is 0 Å². The number of aryl methyl sites for hydroxylation is 1. The maximum Gasteiger partial charge on any atom is 0.416 e. The van der Waals surface area contributed by atoms with Gasteiger partial charge in [-0.15, -0.1) is 10.2 Å². The lowest BCUT2D eigenvalue weighted by Crippen LogP contribution is -2.29. The number of fused-ring (bicyclic) bond motifs is 1. The molecule has 1 aromatic heterocycles. The van der Waals surface area contributed by atoms with Crippen molar-refractivity contribution in [2.45, 2.75) is 39.0 Å². The molecule has 2 N–H and O–H groups in total. The van der Waals surface area contributed by atoms with Crippen LogP contribution in [0.3, 0.4) is 0 Å². The van der Waals surface area contributed by atoms with Crippen LogP contribution in [-0.4, -0.2) is 27.4 Å². The highest BCUT2D eigenvalue weighted by atomic mass is 19.4. The Balaban J connectivity index is 1.69. The molecule has 0 aliphatic carbocycles. The zero-order valence-corrected chi connectivity index (χ0v) is 14.1. The number of amides is 2. The van der Waals surface area contributed by atoms with Crippen LogP contribution in [0.15, 0.2) is 18.2 Å². The summed E-state index contributed by atoms with van der Waals surface area (Å²) in [4.78, 5) is 12.1. The van der Waals surface area contributed by atoms with Crippen molar-refractivity contribution in [1.82, 2.24) is 20.1 Å². The summed E-state index contributed by atoms with van der Waals surface area (Å²) in [6.45, 7) is 2.88. The third kappa shape index (κ3) is 3.89. The van der Waals surface area contributed by atoms with Gasteiger partial charge in [0, 0.05) is 13.0 Å². The maximum absolute atomic E-state index is 12.9. The van der Waals surface area contributed by atoms with E-state index in [0.717, 1.165) is 37.3 Å². The van der Waals surface area contributed by atoms with Gasteiger partial charge in [0.1, 0.15) is 11.6 Å². The second-order valence-corrected chi connectivity index (χ2v) is 5.74. The van der Waals surface area contributed by atoms with Crippen LogP contribution in [0, 0.1) is 0 Å². The summed E-state index contributed by atoms with van der Waals surface area (Å²) >= 11 is 0. The Hall–Kier alpha value is -2.78. The molecule has 140 valence electrons. The van der Waals surface area contributed by atoms with E-state index in [-0.39, 0.29) is 24.6 Å². The van der Waals surface area contributed by atoms with Crippen LogP contribution in [0.25, 0.3) is 0 Å². The van der Waals surface area contributed by atoms with Crippen molar-refractivity contribution >= 4 is 11.7 Å². The first-order chi connectivity index (χ1) is 12.4. The molecule has 7 nitrogen and oxygen atoms in total. The van der Waals surface area contributed by atoms with Crippen molar-refractivity contribution in [3.63, 3.8) is 0 Å². The number of benzene rings is 1. The number of carbonyl (C=O) groups is 1. The molecule has 0 radical (unpaired) electrons. The number of alkyl halides is 3. The molecule has 26 heavy (non-hydrogen) atoms. The molecular formula is C16H18F3N5O2. The Morgan fingerprint density at radius 3 is 2.88 bits per heavy atom. The van der Waals surface area contributed by atoms with Gasteiger partial charge in [-0.25, -0.2) is 4.79 Å². The van der Waals surface area contributed by atoms with Gasteiger partial charge < -0.3 is 19.9 Å². The van der Waals surface area contributed by atoms with E-state index in [1.165, 1.54) is 6.07 Å². The number of halogens is 3. The summed E-state index contributed by atoms with van der Waals surface area (Å²) in [6, 6.07) is 2.29. The normalized spacial score (nSPS) is 13.4. The largest absolute Gasteiger partial charge is 0.492 e. The standard InChI is InChI=1S/C16H18F3N5O2/c1-2-26-12-6-5-10(16(17,18)19)8-11(12)21-15(25)20-9-14-23-22-13-4-3-7-24(13)14/h5-6,8H,2-4,7,9H2,1H3,(H2,20,21,25). The first-order valence-electron chi connectivity index (χ1n) is 8.18. The summed E-state index contributed by atoms with van der Waals surface area (Å²) in [6.07, 6.45) is -2.69. The van der Waals surface area contributed by atoms with Crippen molar-refractivity contribution < 1.29 is 22.7 Å². The quantitative estimate of drug-likeness (QED) is 0.849. The monoisotopic (exact) mass is 369 g/mol. The van der Waals surface area contributed by atoms with Gasteiger partial charge in [0.15, 0.2) is 5.82 Å². The van der Waals surface area contributed by atoms with Crippen LogP contribution in [0.4, 0.5) is 23.7 Å². The number of rotatable bonds is 5. The number of anilines is 1. The first-order valence-corrected chi connectivity index (χ1v) is 8.18. The minimum atomic E-state index is -4.51. The molecule has 0 fully saturated rings. The van der Waals surface area contributed by atoms with Gasteiger partial charge in [0.25, 0.3) is 0 Å². The number of hydrogen-bond acceptors (Lipinski definition) is 4. The second-order valence-electron chi connectivity index (χ2n) is 5.74. The zero-order chi connectivity index (χ0) is 18.7. The van der Waals surface area contributed by atoms with Crippen LogP contribution in [0.2, 0.25) is 0 Å². The van der Waals surface area contributed by atoms with Gasteiger partial charge in [-0.1, -0.05) is 0 Å². The summed E-state index contributed by atoms with van der Waals surface area (Å²) in [5.41, 5.74) is -0.919. The fourth-order valence-electron chi connectivity index (χ4n) is 2.75. The lowest BCUT2D eigenvalue weighted by Gasteiger charge is -2.15. The Morgan fingerprint density at radius 1 is 1.35 bits per heavy atom. The number of nitrogens with zero attached hydrogens (tertiary/aromatic N) is 3. The Morgan fingerprint density at radius 2 is 2.15 bits per heavy atom. The van der Waals surface area contributed by atoms with E-state index >= 15 is 0 Å².